The number of esters is 1. The number of hydrogen-bond acceptors (Lipinski definition) is 15. The SMILES string of the molecule is CCCCc1nc(Cl)c(C(=O)OCOP(=O)(OC)O[C@H]2CO[C@H]3[C@@H]2OC[C@H]3O[N+](=O)[O-])n1Cc1ccc(-c2ccccc2-c2nn[nH]n2)cc1. The van der Waals surface area contributed by atoms with Crippen LogP contribution >= 0.6 is 19.4 Å². The molecule has 2 saturated heterocycles. The Bertz CT molecular complexity index is 1840. The van der Waals surface area contributed by atoms with Gasteiger partial charge in [-0.05, 0) is 28.3 Å². The number of tetrazole rings is 1. The molecule has 0 spiro atoms. The topological polar surface area (TPSA) is 214 Å². The first-order chi connectivity index (χ1) is 24.2. The molecule has 6 rings (SSSR count). The number of phosphoric ester groups is 1. The number of aromatic nitrogens is 6. The normalized spacial score (nSPS) is 21.1. The van der Waals surface area contributed by atoms with Gasteiger partial charge in [0.1, 0.15) is 24.1 Å². The van der Waals surface area contributed by atoms with E-state index in [1.165, 1.54) is 0 Å². The van der Waals surface area contributed by atoms with E-state index in [2.05, 4.69) is 30.4 Å². The van der Waals surface area contributed by atoms with Crippen molar-refractivity contribution in [2.24, 2.45) is 0 Å². The predicted octanol–water partition coefficient (Wildman–Crippen LogP) is 4.42. The maximum Gasteiger partial charge on any atom is 0.477 e. The van der Waals surface area contributed by atoms with Gasteiger partial charge >= 0.3 is 13.8 Å². The molecule has 0 saturated carbocycles. The summed E-state index contributed by atoms with van der Waals surface area (Å²) in [6, 6.07) is 15.5. The van der Waals surface area contributed by atoms with E-state index < -0.39 is 50.1 Å². The highest BCUT2D eigenvalue weighted by atomic mass is 35.5. The molecule has 0 bridgehead atoms. The molecule has 18 nitrogen and oxygen atoms in total. The molecule has 4 aromatic rings. The number of phosphoric acid groups is 1. The Balaban J connectivity index is 1.13. The zero-order chi connectivity index (χ0) is 35.3. The third kappa shape index (κ3) is 7.86. The van der Waals surface area contributed by atoms with Crippen molar-refractivity contribution < 1.29 is 47.1 Å². The summed E-state index contributed by atoms with van der Waals surface area (Å²) in [5.74, 6) is 0.192. The lowest BCUT2D eigenvalue weighted by Gasteiger charge is -2.22. The number of H-pyrrole nitrogens is 1. The summed E-state index contributed by atoms with van der Waals surface area (Å²) in [7, 11) is -3.22. The van der Waals surface area contributed by atoms with Crippen LogP contribution in [0.4, 0.5) is 0 Å². The molecule has 266 valence electrons. The molecule has 0 aliphatic carbocycles. The summed E-state index contributed by atoms with van der Waals surface area (Å²) in [4.78, 5) is 33.2. The van der Waals surface area contributed by atoms with E-state index in [9.17, 15) is 19.5 Å². The van der Waals surface area contributed by atoms with Gasteiger partial charge in [-0.15, -0.1) is 20.3 Å². The molecule has 2 aromatic heterocycles. The molecule has 2 aliphatic rings. The highest BCUT2D eigenvalue weighted by molar-refractivity contribution is 7.48. The summed E-state index contributed by atoms with van der Waals surface area (Å²) >= 11 is 6.49. The largest absolute Gasteiger partial charge is 0.477 e. The van der Waals surface area contributed by atoms with Crippen LogP contribution in [0, 0.1) is 10.1 Å². The summed E-state index contributed by atoms with van der Waals surface area (Å²) in [6.07, 6.45) is -1.31. The first-order valence-electron chi connectivity index (χ1n) is 15.6. The molecule has 5 atom stereocenters. The Morgan fingerprint density at radius 3 is 2.52 bits per heavy atom. The van der Waals surface area contributed by atoms with Crippen LogP contribution in [0.25, 0.3) is 22.5 Å². The van der Waals surface area contributed by atoms with Crippen molar-refractivity contribution in [1.29, 1.82) is 0 Å². The quantitative estimate of drug-likeness (QED) is 0.0555. The van der Waals surface area contributed by atoms with E-state index in [-0.39, 0.29) is 30.6 Å². The maximum absolute atomic E-state index is 13.4. The summed E-state index contributed by atoms with van der Waals surface area (Å²) in [5.41, 5.74) is 3.51. The predicted molar refractivity (Wildman–Crippen MR) is 172 cm³/mol. The van der Waals surface area contributed by atoms with Crippen LogP contribution < -0.4 is 0 Å². The second-order valence-electron chi connectivity index (χ2n) is 11.3. The van der Waals surface area contributed by atoms with E-state index >= 15 is 0 Å². The molecular formula is C30H33ClN7O11P. The Hall–Kier alpha value is -4.29. The van der Waals surface area contributed by atoms with Crippen molar-refractivity contribution >= 4 is 25.4 Å². The van der Waals surface area contributed by atoms with Gasteiger partial charge in [0, 0.05) is 25.6 Å². The fourth-order valence-corrected chi connectivity index (χ4v) is 6.98. The number of nitrogens with one attached hydrogen (secondary N) is 1. The fourth-order valence-electron chi connectivity index (χ4n) is 5.76. The third-order valence-corrected chi connectivity index (χ3v) is 9.80. The minimum atomic E-state index is -4.31. The zero-order valence-electron chi connectivity index (χ0n) is 26.9. The van der Waals surface area contributed by atoms with Crippen LogP contribution in [0.3, 0.4) is 0 Å². The Labute approximate surface area is 290 Å². The highest BCUT2D eigenvalue weighted by Gasteiger charge is 2.52. The average Bonchev–Trinajstić information content (AvgIpc) is 3.91. The highest BCUT2D eigenvalue weighted by Crippen LogP contribution is 2.51. The van der Waals surface area contributed by atoms with Crippen LogP contribution in [0.2, 0.25) is 5.15 Å². The van der Waals surface area contributed by atoms with Gasteiger partial charge in [0.05, 0.1) is 13.2 Å². The molecule has 2 aliphatic heterocycles. The van der Waals surface area contributed by atoms with Gasteiger partial charge in [-0.2, -0.15) is 5.21 Å². The summed E-state index contributed by atoms with van der Waals surface area (Å²) < 4.78 is 47.1. The van der Waals surface area contributed by atoms with Gasteiger partial charge in [0.25, 0.3) is 5.09 Å². The van der Waals surface area contributed by atoms with E-state index in [0.29, 0.717) is 18.1 Å². The van der Waals surface area contributed by atoms with Gasteiger partial charge < -0.3 is 23.6 Å². The van der Waals surface area contributed by atoms with E-state index in [0.717, 1.165) is 42.2 Å². The summed E-state index contributed by atoms with van der Waals surface area (Å²) in [6.45, 7) is 1.23. The molecular weight excluding hydrogens is 701 g/mol. The van der Waals surface area contributed by atoms with Crippen LogP contribution in [-0.2, 0) is 50.2 Å². The molecule has 0 radical (unpaired) electrons. The molecule has 1 unspecified atom stereocenters. The average molecular weight is 734 g/mol. The van der Waals surface area contributed by atoms with Gasteiger partial charge in [-0.3, -0.25) is 9.05 Å². The van der Waals surface area contributed by atoms with Crippen molar-refractivity contribution in [3.8, 4) is 22.5 Å². The smallest absolute Gasteiger partial charge is 0.433 e. The minimum Gasteiger partial charge on any atom is -0.433 e. The molecule has 0 amide bonds. The standard InChI is InChI=1S/C30H33ClN7O11P/c1-3-4-9-24-32-28(31)25(37(24)14-18-10-12-19(13-11-18)20-7-5-6-8-21(20)29-33-35-36-34-29)30(39)46-17-47-50(42,43-2)49-23-16-45-26-22(48-38(40)41)15-44-27(23)26/h5-8,10-13,22-23,26-27H,3-4,9,14-17H2,1-2H3,(H,33,34,35,36)/t22-,23+,26-,27-,50?/m1/s1. The number of hydrogen-bond donors (Lipinski definition) is 1. The van der Waals surface area contributed by atoms with Crippen LogP contribution in [-0.4, -0.2) is 92.8 Å². The molecule has 2 fully saturated rings. The van der Waals surface area contributed by atoms with E-state index in [1.54, 1.807) is 4.57 Å². The third-order valence-electron chi connectivity index (χ3n) is 8.14. The Morgan fingerprint density at radius 2 is 1.84 bits per heavy atom. The number of nitrogens with zero attached hydrogens (tertiary/aromatic N) is 6. The van der Waals surface area contributed by atoms with Gasteiger partial charge in [-0.25, -0.2) is 18.9 Å². The fraction of sp³-hybridized carbons (Fsp3) is 0.433. The lowest BCUT2D eigenvalue weighted by molar-refractivity contribution is -0.769. The monoisotopic (exact) mass is 733 g/mol. The van der Waals surface area contributed by atoms with Crippen molar-refractivity contribution in [2.75, 3.05) is 27.1 Å². The van der Waals surface area contributed by atoms with Crippen LogP contribution in [0.5, 0.6) is 0 Å². The number of fused-ring (bicyclic) bond motifs is 1. The molecule has 20 heteroatoms. The van der Waals surface area contributed by atoms with Crippen molar-refractivity contribution in [3.05, 3.63) is 80.9 Å². The van der Waals surface area contributed by atoms with E-state index in [1.807, 2.05) is 55.5 Å². The molecule has 2 aromatic carbocycles. The molecule has 4 heterocycles. The second-order valence-corrected chi connectivity index (χ2v) is 13.3. The molecule has 1 N–H and O–H groups in total. The number of unbranched alkanes of at least 4 members (excludes halogenated alkanes) is 1. The Kier molecular flexibility index (Phi) is 11.2. The second kappa shape index (κ2) is 15.7. The van der Waals surface area contributed by atoms with Crippen LogP contribution in [0.15, 0.2) is 48.5 Å². The van der Waals surface area contributed by atoms with Crippen molar-refractivity contribution in [2.45, 2.75) is 57.1 Å². The van der Waals surface area contributed by atoms with Gasteiger partial charge in [0.15, 0.2) is 17.0 Å². The number of carbonyl (C=O) groups is 1. The number of rotatable bonds is 16. The lowest BCUT2D eigenvalue weighted by Crippen LogP contribution is -2.34. The number of imidazole rings is 1. The minimum absolute atomic E-state index is 0.00992. The van der Waals surface area contributed by atoms with Crippen molar-refractivity contribution in [3.63, 3.8) is 0 Å². The lowest BCUT2D eigenvalue weighted by atomic mass is 9.98. The molecule has 50 heavy (non-hydrogen) atoms. The number of halogens is 1. The number of benzene rings is 2. The first kappa shape index (κ1) is 35.5. The first-order valence-corrected chi connectivity index (χ1v) is 17.4. The zero-order valence-corrected chi connectivity index (χ0v) is 28.5. The van der Waals surface area contributed by atoms with Crippen molar-refractivity contribution in [1.82, 2.24) is 30.2 Å². The number of aromatic amines is 1. The van der Waals surface area contributed by atoms with Gasteiger partial charge in [-0.1, -0.05) is 73.5 Å². The van der Waals surface area contributed by atoms with Gasteiger partial charge in [0.2, 0.25) is 12.6 Å². The number of ether oxygens (including phenoxy) is 3. The van der Waals surface area contributed by atoms with E-state index in [4.69, 9.17) is 39.4 Å². The number of aryl methyl sites for hydroxylation is 1. The maximum atomic E-state index is 13.4. The summed E-state index contributed by atoms with van der Waals surface area (Å²) in [5, 5.41) is 24.1. The van der Waals surface area contributed by atoms with Crippen LogP contribution in [0.1, 0.15) is 41.6 Å². The number of carbonyl (C=O) groups excluding carboxylic acids is 1. The Morgan fingerprint density at radius 1 is 1.12 bits per heavy atom.